The van der Waals surface area contributed by atoms with Gasteiger partial charge in [-0.15, -0.1) is 0 Å². The minimum Gasteiger partial charge on any atom is -0.464 e. The minimum absolute atomic E-state index is 0.189. The summed E-state index contributed by atoms with van der Waals surface area (Å²) in [4.78, 5) is 44.0. The lowest BCUT2D eigenvalue weighted by Crippen LogP contribution is -2.38. The number of nitrogens with zero attached hydrogens (tertiary/aromatic N) is 2. The summed E-state index contributed by atoms with van der Waals surface area (Å²) in [7, 11) is 0. The highest BCUT2D eigenvalue weighted by Crippen LogP contribution is 2.47. The van der Waals surface area contributed by atoms with Gasteiger partial charge in [-0.25, -0.2) is 4.79 Å². The van der Waals surface area contributed by atoms with Crippen LogP contribution in [-0.2, 0) is 25.7 Å². The molecule has 0 spiro atoms. The summed E-state index contributed by atoms with van der Waals surface area (Å²) in [6.45, 7) is 2.36. The summed E-state index contributed by atoms with van der Waals surface area (Å²) in [6.07, 6.45) is 0.641. The molecule has 1 unspecified atom stereocenters. The van der Waals surface area contributed by atoms with Gasteiger partial charge in [0.05, 0.1) is 29.3 Å². The van der Waals surface area contributed by atoms with Crippen molar-refractivity contribution in [2.24, 2.45) is 0 Å². The van der Waals surface area contributed by atoms with Gasteiger partial charge in [0.2, 0.25) is 0 Å². The fourth-order valence-corrected chi connectivity index (χ4v) is 6.09. The second kappa shape index (κ2) is 11.1. The number of benzene rings is 3. The number of halogens is 1. The van der Waals surface area contributed by atoms with Crippen molar-refractivity contribution < 1.29 is 19.1 Å². The topological polar surface area (TPSA) is 66.9 Å². The van der Waals surface area contributed by atoms with Crippen molar-refractivity contribution in [1.82, 2.24) is 4.90 Å². The number of carbonyl (C=O) groups excluding carboxylic acids is 3. The van der Waals surface area contributed by atoms with Crippen molar-refractivity contribution in [2.75, 3.05) is 11.5 Å². The lowest BCUT2D eigenvalue weighted by atomic mass is 10.0. The van der Waals surface area contributed by atoms with E-state index in [1.807, 2.05) is 55.5 Å². The Bertz CT molecular complexity index is 1470. The molecule has 2 aliphatic rings. The van der Waals surface area contributed by atoms with Crippen LogP contribution < -0.4 is 4.90 Å². The Kier molecular flexibility index (Phi) is 7.65. The van der Waals surface area contributed by atoms with Crippen LogP contribution in [0.5, 0.6) is 0 Å². The number of fused-ring (bicyclic) bond motifs is 1. The predicted octanol–water partition coefficient (Wildman–Crippen LogP) is 6.15. The number of para-hydroxylation sites is 1. The molecule has 0 radical (unpaired) electrons. The summed E-state index contributed by atoms with van der Waals surface area (Å²) in [6, 6.07) is 22.5. The van der Waals surface area contributed by atoms with Gasteiger partial charge in [0.25, 0.3) is 11.8 Å². The molecule has 2 heterocycles. The number of thiocarbonyl (C=S) groups is 1. The van der Waals surface area contributed by atoms with Crippen LogP contribution in [-0.4, -0.2) is 33.6 Å². The average Bonchev–Trinajstić information content (AvgIpc) is 3.36. The van der Waals surface area contributed by atoms with Gasteiger partial charge in [-0.05, 0) is 29.7 Å². The van der Waals surface area contributed by atoms with E-state index in [0.29, 0.717) is 28.3 Å². The third kappa shape index (κ3) is 4.75. The highest BCUT2D eigenvalue weighted by atomic mass is 35.5. The van der Waals surface area contributed by atoms with Gasteiger partial charge >= 0.3 is 5.97 Å². The summed E-state index contributed by atoms with van der Waals surface area (Å²) in [5.41, 5.74) is 2.94. The SMILES string of the molecule is CCCOC(=O)C(c1ccccc1)N1C(=O)/C(=C2/C(=O)N(Cc3ccccc3Cl)c3ccccc32)SC1=S. The van der Waals surface area contributed by atoms with Crippen molar-refractivity contribution in [1.29, 1.82) is 0 Å². The average molecular weight is 563 g/mol. The second-order valence-corrected chi connectivity index (χ2v) is 10.8. The van der Waals surface area contributed by atoms with Crippen LogP contribution in [0.3, 0.4) is 0 Å². The van der Waals surface area contributed by atoms with Crippen LogP contribution >= 0.6 is 35.6 Å². The first-order valence-electron chi connectivity index (χ1n) is 12.1. The van der Waals surface area contributed by atoms with E-state index in [2.05, 4.69) is 0 Å². The van der Waals surface area contributed by atoms with Crippen molar-refractivity contribution in [3.63, 3.8) is 0 Å². The molecule has 38 heavy (non-hydrogen) atoms. The Morgan fingerprint density at radius 2 is 1.66 bits per heavy atom. The molecule has 1 fully saturated rings. The lowest BCUT2D eigenvalue weighted by Gasteiger charge is -2.25. The third-order valence-electron chi connectivity index (χ3n) is 6.28. The maximum Gasteiger partial charge on any atom is 0.333 e. The number of rotatable bonds is 7. The maximum atomic E-state index is 13.9. The number of anilines is 1. The van der Waals surface area contributed by atoms with Crippen LogP contribution in [0.15, 0.2) is 83.8 Å². The van der Waals surface area contributed by atoms with Crippen molar-refractivity contribution in [2.45, 2.75) is 25.9 Å². The number of hydrogen-bond acceptors (Lipinski definition) is 6. The standard InChI is InChI=1S/C29H23ClN2O4S2/c1-2-16-36-28(35)24(18-10-4-3-5-11-18)32-27(34)25(38-29(32)37)23-20-13-7-9-15-22(20)31(26(23)33)17-19-12-6-8-14-21(19)30/h3-15,24H,2,16-17H2,1H3/b25-23-. The molecule has 3 aromatic carbocycles. The fourth-order valence-electron chi connectivity index (χ4n) is 4.51. The van der Waals surface area contributed by atoms with E-state index in [1.165, 1.54) is 4.90 Å². The molecular weight excluding hydrogens is 540 g/mol. The monoisotopic (exact) mass is 562 g/mol. The fraction of sp³-hybridized carbons (Fsp3) is 0.172. The second-order valence-electron chi connectivity index (χ2n) is 8.73. The molecule has 0 saturated carbocycles. The molecule has 3 aromatic rings. The number of esters is 1. The Labute approximate surface area is 235 Å². The van der Waals surface area contributed by atoms with Gasteiger partial charge in [-0.1, -0.05) is 109 Å². The molecule has 192 valence electrons. The Balaban J connectivity index is 1.56. The van der Waals surface area contributed by atoms with Crippen molar-refractivity contribution >= 4 is 68.9 Å². The highest BCUT2D eigenvalue weighted by molar-refractivity contribution is 8.26. The van der Waals surface area contributed by atoms with E-state index in [1.54, 1.807) is 35.2 Å². The van der Waals surface area contributed by atoms with Gasteiger partial charge in [-0.3, -0.25) is 14.5 Å². The predicted molar refractivity (Wildman–Crippen MR) is 153 cm³/mol. The van der Waals surface area contributed by atoms with Crippen molar-refractivity contribution in [3.05, 3.63) is 105 Å². The van der Waals surface area contributed by atoms with Gasteiger partial charge in [0, 0.05) is 10.6 Å². The molecule has 6 nitrogen and oxygen atoms in total. The minimum atomic E-state index is -1.06. The van der Waals surface area contributed by atoms with E-state index in [0.717, 1.165) is 17.3 Å². The first kappa shape index (κ1) is 26.2. The molecule has 0 aromatic heterocycles. The molecule has 2 aliphatic heterocycles. The number of ether oxygens (including phenoxy) is 1. The zero-order chi connectivity index (χ0) is 26.8. The Morgan fingerprint density at radius 1 is 0.974 bits per heavy atom. The smallest absolute Gasteiger partial charge is 0.333 e. The summed E-state index contributed by atoms with van der Waals surface area (Å²) in [5, 5.41) is 0.550. The van der Waals surface area contributed by atoms with Crippen LogP contribution in [0.4, 0.5) is 5.69 Å². The van der Waals surface area contributed by atoms with E-state index in [-0.39, 0.29) is 33.9 Å². The molecule has 1 atom stereocenters. The molecule has 5 rings (SSSR count). The van der Waals surface area contributed by atoms with Crippen LogP contribution in [0, 0.1) is 0 Å². The molecule has 2 amide bonds. The van der Waals surface area contributed by atoms with E-state index >= 15 is 0 Å². The lowest BCUT2D eigenvalue weighted by molar-refractivity contribution is -0.151. The Hall–Kier alpha value is -3.46. The molecule has 0 N–H and O–H groups in total. The summed E-state index contributed by atoms with van der Waals surface area (Å²) >= 11 is 13.0. The van der Waals surface area contributed by atoms with E-state index in [4.69, 9.17) is 28.6 Å². The number of thioether (sulfide) groups is 1. The van der Waals surface area contributed by atoms with Gasteiger partial charge < -0.3 is 9.64 Å². The number of carbonyl (C=O) groups is 3. The zero-order valence-corrected chi connectivity index (χ0v) is 22.8. The summed E-state index contributed by atoms with van der Waals surface area (Å²) < 4.78 is 5.63. The molecule has 1 saturated heterocycles. The van der Waals surface area contributed by atoms with E-state index in [9.17, 15) is 14.4 Å². The van der Waals surface area contributed by atoms with Gasteiger partial charge in [0.15, 0.2) is 6.04 Å². The van der Waals surface area contributed by atoms with Gasteiger partial charge in [0.1, 0.15) is 4.32 Å². The molecule has 9 heteroatoms. The highest BCUT2D eigenvalue weighted by Gasteiger charge is 2.46. The first-order valence-corrected chi connectivity index (χ1v) is 13.7. The first-order chi connectivity index (χ1) is 18.4. The summed E-state index contributed by atoms with van der Waals surface area (Å²) in [5.74, 6) is -1.39. The van der Waals surface area contributed by atoms with Crippen molar-refractivity contribution in [3.8, 4) is 0 Å². The quantitative estimate of drug-likeness (QED) is 0.195. The number of amides is 2. The number of hydrogen-bond donors (Lipinski definition) is 0. The van der Waals surface area contributed by atoms with Crippen LogP contribution in [0.25, 0.3) is 5.57 Å². The molecular formula is C29H23ClN2O4S2. The largest absolute Gasteiger partial charge is 0.464 e. The third-order valence-corrected chi connectivity index (χ3v) is 8.05. The normalized spacial score (nSPS) is 17.7. The van der Waals surface area contributed by atoms with Crippen LogP contribution in [0.2, 0.25) is 5.02 Å². The van der Waals surface area contributed by atoms with E-state index < -0.39 is 17.9 Å². The van der Waals surface area contributed by atoms with Gasteiger partial charge in [-0.2, -0.15) is 0 Å². The van der Waals surface area contributed by atoms with Crippen LogP contribution in [0.1, 0.15) is 36.1 Å². The Morgan fingerprint density at radius 3 is 2.39 bits per heavy atom. The maximum absolute atomic E-state index is 13.9. The molecule has 0 bridgehead atoms. The zero-order valence-electron chi connectivity index (χ0n) is 20.4. The molecule has 0 aliphatic carbocycles.